The minimum atomic E-state index is -1.14. The molecule has 1 saturated carbocycles. The van der Waals surface area contributed by atoms with Gasteiger partial charge in [-0.05, 0) is 50.5 Å². The van der Waals surface area contributed by atoms with Gasteiger partial charge in [0, 0.05) is 29.4 Å². The molecule has 8 heteroatoms. The molecule has 1 aromatic rings. The van der Waals surface area contributed by atoms with Crippen LogP contribution in [0.4, 0.5) is 5.95 Å². The lowest BCUT2D eigenvalue weighted by molar-refractivity contribution is -0.130. The van der Waals surface area contributed by atoms with Crippen LogP contribution in [0.25, 0.3) is 0 Å². The van der Waals surface area contributed by atoms with E-state index in [1.54, 1.807) is 12.3 Å². The second-order valence-electron chi connectivity index (χ2n) is 8.19. The van der Waals surface area contributed by atoms with Gasteiger partial charge in [-0.1, -0.05) is 13.8 Å². The molecule has 4 unspecified atom stereocenters. The monoisotopic (exact) mass is 412 g/mol. The van der Waals surface area contributed by atoms with Crippen LogP contribution < -0.4 is 10.6 Å². The summed E-state index contributed by atoms with van der Waals surface area (Å²) in [6.45, 7) is 6.05. The topological polar surface area (TPSA) is 84.0 Å². The molecule has 0 spiro atoms. The highest BCUT2D eigenvalue weighted by molar-refractivity contribution is 7.84. The van der Waals surface area contributed by atoms with Crippen molar-refractivity contribution in [2.45, 2.75) is 68.9 Å². The van der Waals surface area contributed by atoms with Crippen LogP contribution in [-0.4, -0.2) is 43.3 Å². The number of carbonyl (C=O) groups excluding carboxylic acids is 1. The van der Waals surface area contributed by atoms with Crippen LogP contribution in [0.2, 0.25) is 0 Å². The molecule has 1 saturated heterocycles. The average molecular weight is 413 g/mol. The van der Waals surface area contributed by atoms with Gasteiger partial charge in [0.05, 0.1) is 16.7 Å². The Balaban J connectivity index is 1.65. The molecule has 1 aliphatic carbocycles. The number of fused-ring (bicyclic) bond motifs is 1. The van der Waals surface area contributed by atoms with Crippen LogP contribution in [0.15, 0.2) is 17.3 Å². The zero-order chi connectivity index (χ0) is 19.6. The number of carbonyl (C=O) groups is 1. The maximum Gasteiger partial charge on any atom is 0.225 e. The van der Waals surface area contributed by atoms with Crippen LogP contribution in [0.3, 0.4) is 0 Å². The van der Waals surface area contributed by atoms with Crippen LogP contribution in [0.1, 0.15) is 46.5 Å². The summed E-state index contributed by atoms with van der Waals surface area (Å²) < 4.78 is 12.4. The molecule has 2 N–H and O–H groups in total. The summed E-state index contributed by atoms with van der Waals surface area (Å²) in [6.07, 6.45) is 5.33. The predicted molar refractivity (Wildman–Crippen MR) is 108 cm³/mol. The Hall–Kier alpha value is -1.21. The summed E-state index contributed by atoms with van der Waals surface area (Å²) in [4.78, 5) is 21.2. The van der Waals surface area contributed by atoms with Crippen molar-refractivity contribution in [1.29, 1.82) is 0 Å². The van der Waals surface area contributed by atoms with E-state index < -0.39 is 10.8 Å². The molecule has 0 bridgehead atoms. The number of hydrogen-bond acceptors (Lipinski definition) is 5. The maximum absolute atomic E-state index is 12.6. The molecule has 6 atom stereocenters. The Labute approximate surface area is 168 Å². The second-order valence-corrected chi connectivity index (χ2v) is 10.2. The Bertz CT molecular complexity index is 702. The lowest BCUT2D eigenvalue weighted by Crippen LogP contribution is -2.55. The molecule has 2 aliphatic rings. The number of halogens is 1. The number of hydrogen-bond donors (Lipinski definition) is 2. The molecule has 2 fully saturated rings. The van der Waals surface area contributed by atoms with Crippen molar-refractivity contribution in [3.8, 4) is 0 Å². The fraction of sp³-hybridized carbons (Fsp3) is 0.737. The van der Waals surface area contributed by atoms with Crippen molar-refractivity contribution >= 4 is 34.3 Å². The molecule has 27 heavy (non-hydrogen) atoms. The number of piperidine rings is 1. The molecule has 0 aromatic carbocycles. The van der Waals surface area contributed by atoms with E-state index >= 15 is 0 Å². The van der Waals surface area contributed by atoms with Gasteiger partial charge >= 0.3 is 0 Å². The lowest BCUT2D eigenvalue weighted by atomic mass is 9.74. The highest BCUT2D eigenvalue weighted by Gasteiger charge is 2.41. The second kappa shape index (κ2) is 8.86. The van der Waals surface area contributed by atoms with E-state index in [-0.39, 0.29) is 29.3 Å². The van der Waals surface area contributed by atoms with Crippen LogP contribution in [-0.2, 0) is 15.6 Å². The molecule has 1 aromatic heterocycles. The number of aromatic nitrogens is 2. The number of amides is 1. The van der Waals surface area contributed by atoms with Gasteiger partial charge in [0.2, 0.25) is 11.9 Å². The third kappa shape index (κ3) is 5.19. The van der Waals surface area contributed by atoms with Crippen molar-refractivity contribution in [3.05, 3.63) is 12.3 Å². The first-order valence-electron chi connectivity index (χ1n) is 9.76. The molecule has 0 radical (unpaired) electrons. The van der Waals surface area contributed by atoms with E-state index in [9.17, 15) is 9.00 Å². The third-order valence-corrected chi connectivity index (χ3v) is 7.51. The Morgan fingerprint density at radius 1 is 1.33 bits per heavy atom. The highest BCUT2D eigenvalue weighted by atomic mass is 35.5. The van der Waals surface area contributed by atoms with E-state index in [0.29, 0.717) is 28.6 Å². The van der Waals surface area contributed by atoms with Gasteiger partial charge in [0.15, 0.2) is 0 Å². The summed E-state index contributed by atoms with van der Waals surface area (Å²) >= 11 is 6.34. The fourth-order valence-corrected chi connectivity index (χ4v) is 5.57. The number of nitrogens with one attached hydrogen (secondary N) is 2. The summed E-state index contributed by atoms with van der Waals surface area (Å²) in [7, 11) is -1.14. The van der Waals surface area contributed by atoms with E-state index in [4.69, 9.17) is 11.6 Å². The number of anilines is 1. The molecule has 1 aliphatic heterocycles. The number of rotatable bonds is 6. The summed E-state index contributed by atoms with van der Waals surface area (Å²) in [6, 6.07) is 1.83. The quantitative estimate of drug-likeness (QED) is 0.554. The molecular formula is C19H29ClN4O2S. The van der Waals surface area contributed by atoms with Crippen molar-refractivity contribution in [3.63, 3.8) is 0 Å². The molecular weight excluding hydrogens is 384 g/mol. The van der Waals surface area contributed by atoms with Gasteiger partial charge < -0.3 is 10.6 Å². The van der Waals surface area contributed by atoms with Crippen molar-refractivity contribution in [2.24, 2.45) is 17.8 Å². The first kappa shape index (κ1) is 20.5. The minimum absolute atomic E-state index is 0.0869. The van der Waals surface area contributed by atoms with Gasteiger partial charge in [-0.25, -0.2) is 9.97 Å². The largest absolute Gasteiger partial charge is 0.353 e. The van der Waals surface area contributed by atoms with Crippen molar-refractivity contribution < 1.29 is 9.00 Å². The summed E-state index contributed by atoms with van der Waals surface area (Å²) in [5.41, 5.74) is 0. The number of alkyl halides is 1. The average Bonchev–Trinajstić information content (AvgIpc) is 2.61. The SMILES string of the molecule is CC(C)C[S@](=O)c1ccnc(N[C@@H](C)C2CC3CC(Cl)CCC3NC2=O)n1. The van der Waals surface area contributed by atoms with Crippen molar-refractivity contribution in [1.82, 2.24) is 15.3 Å². The van der Waals surface area contributed by atoms with Crippen LogP contribution in [0.5, 0.6) is 0 Å². The first-order valence-corrected chi connectivity index (χ1v) is 11.5. The Morgan fingerprint density at radius 3 is 2.85 bits per heavy atom. The summed E-state index contributed by atoms with van der Waals surface area (Å²) in [5, 5.41) is 7.16. The van der Waals surface area contributed by atoms with Gasteiger partial charge in [-0.2, -0.15) is 0 Å². The molecule has 6 nitrogen and oxygen atoms in total. The van der Waals surface area contributed by atoms with E-state index in [2.05, 4.69) is 20.6 Å². The Kier molecular flexibility index (Phi) is 6.74. The fourth-order valence-electron chi connectivity index (χ4n) is 4.04. The highest BCUT2D eigenvalue weighted by Crippen LogP contribution is 2.36. The first-order chi connectivity index (χ1) is 12.8. The van der Waals surface area contributed by atoms with E-state index in [1.807, 2.05) is 20.8 Å². The van der Waals surface area contributed by atoms with E-state index in [0.717, 1.165) is 25.7 Å². The van der Waals surface area contributed by atoms with Gasteiger partial charge in [0.25, 0.3) is 0 Å². The normalized spacial score (nSPS) is 30.3. The minimum Gasteiger partial charge on any atom is -0.353 e. The third-order valence-electron chi connectivity index (χ3n) is 5.45. The predicted octanol–water partition coefficient (Wildman–Crippen LogP) is 2.95. The van der Waals surface area contributed by atoms with Gasteiger partial charge in [0.1, 0.15) is 5.03 Å². The smallest absolute Gasteiger partial charge is 0.225 e. The molecule has 150 valence electrons. The maximum atomic E-state index is 12.6. The van der Waals surface area contributed by atoms with Crippen LogP contribution in [0, 0.1) is 17.8 Å². The van der Waals surface area contributed by atoms with Gasteiger partial charge in [-0.3, -0.25) is 9.00 Å². The zero-order valence-electron chi connectivity index (χ0n) is 16.2. The standard InChI is InChI=1S/C19H29ClN4O2S/c1-11(2)10-27(26)17-6-7-21-19(24-17)22-12(3)15-9-13-8-14(20)4-5-16(13)23-18(15)25/h6-7,11-16H,4-5,8-10H2,1-3H3,(H,23,25)(H,21,22,24)/t12-,13?,14?,15?,16?,27-/m0/s1. The van der Waals surface area contributed by atoms with E-state index in [1.165, 1.54) is 0 Å². The number of nitrogens with zero attached hydrogens (tertiary/aromatic N) is 2. The zero-order valence-corrected chi connectivity index (χ0v) is 17.7. The molecule has 2 heterocycles. The lowest BCUT2D eigenvalue weighted by Gasteiger charge is -2.42. The molecule has 1 amide bonds. The van der Waals surface area contributed by atoms with Crippen LogP contribution >= 0.6 is 11.6 Å². The van der Waals surface area contributed by atoms with Crippen molar-refractivity contribution in [2.75, 3.05) is 11.1 Å². The summed E-state index contributed by atoms with van der Waals surface area (Å²) in [5.74, 6) is 1.69. The molecule has 3 rings (SSSR count). The Morgan fingerprint density at radius 2 is 2.11 bits per heavy atom. The van der Waals surface area contributed by atoms with Gasteiger partial charge in [-0.15, -0.1) is 11.6 Å².